The van der Waals surface area contributed by atoms with E-state index in [1.165, 1.54) is 3.97 Å². The molecule has 0 radical (unpaired) electrons. The molecule has 0 N–H and O–H groups in total. The number of benzene rings is 2. The Labute approximate surface area is 166 Å². The predicted molar refractivity (Wildman–Crippen MR) is 113 cm³/mol. The van der Waals surface area contributed by atoms with Crippen LogP contribution in [-0.2, 0) is 10.0 Å². The van der Waals surface area contributed by atoms with Gasteiger partial charge in [0.05, 0.1) is 10.4 Å². The fourth-order valence-corrected chi connectivity index (χ4v) is 4.83. The van der Waals surface area contributed by atoms with E-state index in [4.69, 9.17) is 0 Å². The minimum atomic E-state index is -3.61. The summed E-state index contributed by atoms with van der Waals surface area (Å²) in [4.78, 5) is 4.96. The maximum Gasteiger partial charge on any atom is 0.268 e. The van der Waals surface area contributed by atoms with Gasteiger partial charge in [0.25, 0.3) is 10.0 Å². The molecule has 144 valence electrons. The Balaban J connectivity index is 0.00000210. The van der Waals surface area contributed by atoms with Gasteiger partial charge >= 0.3 is 0 Å². The predicted octanol–water partition coefficient (Wildman–Crippen LogP) is 3.36. The van der Waals surface area contributed by atoms with Crippen molar-refractivity contribution in [2.75, 3.05) is 38.1 Å². The molecule has 7 heteroatoms. The minimum absolute atomic E-state index is 0. The fraction of sp³-hybridized carbons (Fsp3) is 0.300. The largest absolute Gasteiger partial charge is 0.368 e. The van der Waals surface area contributed by atoms with Crippen molar-refractivity contribution in [1.29, 1.82) is 0 Å². The molecule has 0 unspecified atom stereocenters. The second-order valence-corrected chi connectivity index (χ2v) is 8.74. The van der Waals surface area contributed by atoms with Crippen LogP contribution in [-0.4, -0.2) is 50.5 Å². The number of aryl methyl sites for hydroxylation is 1. The van der Waals surface area contributed by atoms with Crippen molar-refractivity contribution in [3.8, 4) is 0 Å². The highest BCUT2D eigenvalue weighted by atomic mass is 35.5. The van der Waals surface area contributed by atoms with Crippen molar-refractivity contribution in [2.24, 2.45) is 0 Å². The molecule has 4 rings (SSSR count). The van der Waals surface area contributed by atoms with Gasteiger partial charge in [-0.25, -0.2) is 12.4 Å². The number of hydrogen-bond acceptors (Lipinski definition) is 4. The summed E-state index contributed by atoms with van der Waals surface area (Å²) in [7, 11) is -1.48. The molecule has 2 heterocycles. The summed E-state index contributed by atoms with van der Waals surface area (Å²) in [5, 5.41) is 0.979. The van der Waals surface area contributed by atoms with Crippen molar-refractivity contribution in [3.05, 3.63) is 60.3 Å². The number of nitrogens with zero attached hydrogens (tertiary/aromatic N) is 3. The van der Waals surface area contributed by atoms with Gasteiger partial charge in [0.2, 0.25) is 0 Å². The lowest BCUT2D eigenvalue weighted by atomic mass is 10.2. The molecule has 3 aromatic rings. The van der Waals surface area contributed by atoms with Crippen molar-refractivity contribution in [1.82, 2.24) is 8.87 Å². The SMILES string of the molecule is Cc1ccc(S(=O)(=O)n2ccc3c(N4CCN(C)CC4)cccc32)cc1.Cl. The lowest BCUT2D eigenvalue weighted by Gasteiger charge is -2.34. The molecule has 0 atom stereocenters. The molecule has 0 amide bonds. The second-order valence-electron chi connectivity index (χ2n) is 6.93. The molecule has 0 spiro atoms. The minimum Gasteiger partial charge on any atom is -0.368 e. The van der Waals surface area contributed by atoms with Crippen LogP contribution in [0.3, 0.4) is 0 Å². The Kier molecular flexibility index (Phi) is 5.51. The molecule has 0 aliphatic carbocycles. The van der Waals surface area contributed by atoms with Crippen molar-refractivity contribution >= 4 is 39.0 Å². The quantitative estimate of drug-likeness (QED) is 0.670. The normalized spacial score (nSPS) is 15.7. The van der Waals surface area contributed by atoms with Gasteiger partial charge in [0.15, 0.2) is 0 Å². The van der Waals surface area contributed by atoms with E-state index in [2.05, 4.69) is 22.9 Å². The monoisotopic (exact) mass is 405 g/mol. The van der Waals surface area contributed by atoms with Gasteiger partial charge in [0.1, 0.15) is 0 Å². The maximum atomic E-state index is 13.1. The first kappa shape index (κ1) is 19.7. The van der Waals surface area contributed by atoms with Crippen LogP contribution in [0.4, 0.5) is 5.69 Å². The average Bonchev–Trinajstić information content (AvgIpc) is 3.08. The van der Waals surface area contributed by atoms with Crippen LogP contribution in [0.2, 0.25) is 0 Å². The van der Waals surface area contributed by atoms with Crippen LogP contribution in [0.5, 0.6) is 0 Å². The molecule has 1 saturated heterocycles. The molecule has 1 aromatic heterocycles. The number of likely N-dealkylation sites (N-methyl/N-ethyl adjacent to an activating group) is 1. The molecule has 2 aromatic carbocycles. The molecule has 1 aliphatic rings. The van der Waals surface area contributed by atoms with E-state index in [0.29, 0.717) is 4.90 Å². The van der Waals surface area contributed by atoms with Crippen LogP contribution in [0.15, 0.2) is 59.6 Å². The summed E-state index contributed by atoms with van der Waals surface area (Å²) in [6, 6.07) is 14.8. The molecule has 1 fully saturated rings. The Morgan fingerprint density at radius 3 is 2.22 bits per heavy atom. The van der Waals surface area contributed by atoms with Gasteiger partial charge in [0, 0.05) is 43.4 Å². The van der Waals surface area contributed by atoms with Gasteiger partial charge in [-0.05, 0) is 44.3 Å². The summed E-state index contributed by atoms with van der Waals surface area (Å²) >= 11 is 0. The van der Waals surface area contributed by atoms with Gasteiger partial charge in [-0.15, -0.1) is 12.4 Å². The Morgan fingerprint density at radius 2 is 1.56 bits per heavy atom. The van der Waals surface area contributed by atoms with Crippen molar-refractivity contribution < 1.29 is 8.42 Å². The molecular weight excluding hydrogens is 382 g/mol. The summed E-state index contributed by atoms with van der Waals surface area (Å²) < 4.78 is 27.6. The molecule has 1 aliphatic heterocycles. The number of halogens is 1. The summed E-state index contributed by atoms with van der Waals surface area (Å²) in [6.07, 6.45) is 1.67. The number of piperazine rings is 1. The van der Waals surface area contributed by atoms with Crippen LogP contribution in [0, 0.1) is 6.92 Å². The fourth-order valence-electron chi connectivity index (χ4n) is 3.48. The van der Waals surface area contributed by atoms with E-state index in [0.717, 1.165) is 48.3 Å². The number of rotatable bonds is 3. The van der Waals surface area contributed by atoms with Gasteiger partial charge in [-0.2, -0.15) is 0 Å². The highest BCUT2D eigenvalue weighted by Gasteiger charge is 2.22. The molecule has 0 bridgehead atoms. The molecule has 27 heavy (non-hydrogen) atoms. The number of aromatic nitrogens is 1. The molecular formula is C20H24ClN3O2S. The third kappa shape index (κ3) is 3.57. The highest BCUT2D eigenvalue weighted by Crippen LogP contribution is 2.30. The number of fused-ring (bicyclic) bond motifs is 1. The summed E-state index contributed by atoms with van der Waals surface area (Å²) in [6.45, 7) is 5.87. The summed E-state index contributed by atoms with van der Waals surface area (Å²) in [5.74, 6) is 0. The first-order valence-electron chi connectivity index (χ1n) is 8.82. The zero-order chi connectivity index (χ0) is 18.3. The Bertz CT molecular complexity index is 1040. The van der Waals surface area contributed by atoms with E-state index < -0.39 is 10.0 Å². The number of anilines is 1. The Morgan fingerprint density at radius 1 is 0.889 bits per heavy atom. The van der Waals surface area contributed by atoms with Crippen molar-refractivity contribution in [3.63, 3.8) is 0 Å². The maximum absolute atomic E-state index is 13.1. The zero-order valence-corrected chi connectivity index (χ0v) is 17.1. The van der Waals surface area contributed by atoms with Gasteiger partial charge in [-0.3, -0.25) is 0 Å². The number of hydrogen-bond donors (Lipinski definition) is 0. The van der Waals surface area contributed by atoms with E-state index >= 15 is 0 Å². The molecule has 0 saturated carbocycles. The topological polar surface area (TPSA) is 45.6 Å². The zero-order valence-electron chi connectivity index (χ0n) is 15.5. The van der Waals surface area contributed by atoms with Gasteiger partial charge < -0.3 is 9.80 Å². The first-order valence-corrected chi connectivity index (χ1v) is 10.3. The Hall–Kier alpha value is -2.02. The first-order chi connectivity index (χ1) is 12.5. The average molecular weight is 406 g/mol. The standard InChI is InChI=1S/C20H23N3O2S.ClH/c1-16-6-8-17(9-7-16)26(24,25)23-11-10-18-19(4-3-5-20(18)23)22-14-12-21(2)13-15-22;/h3-11H,12-15H2,1-2H3;1H. The van der Waals surface area contributed by atoms with Gasteiger partial charge in [-0.1, -0.05) is 23.8 Å². The van der Waals surface area contributed by atoms with E-state index in [1.807, 2.05) is 37.3 Å². The highest BCUT2D eigenvalue weighted by molar-refractivity contribution is 7.90. The van der Waals surface area contributed by atoms with Crippen LogP contribution >= 0.6 is 12.4 Å². The van der Waals surface area contributed by atoms with Crippen LogP contribution in [0.1, 0.15) is 5.56 Å². The lowest BCUT2D eigenvalue weighted by Crippen LogP contribution is -2.44. The van der Waals surface area contributed by atoms with Crippen molar-refractivity contribution in [2.45, 2.75) is 11.8 Å². The van der Waals surface area contributed by atoms with E-state index in [9.17, 15) is 8.42 Å². The van der Waals surface area contributed by atoms with Crippen LogP contribution in [0.25, 0.3) is 10.9 Å². The van der Waals surface area contributed by atoms with Crippen LogP contribution < -0.4 is 4.90 Å². The summed E-state index contributed by atoms with van der Waals surface area (Å²) in [5.41, 5.74) is 2.87. The third-order valence-electron chi connectivity index (χ3n) is 5.10. The molecule has 5 nitrogen and oxygen atoms in total. The third-order valence-corrected chi connectivity index (χ3v) is 6.80. The van der Waals surface area contributed by atoms with E-state index in [1.54, 1.807) is 18.3 Å². The van der Waals surface area contributed by atoms with E-state index in [-0.39, 0.29) is 12.4 Å². The second kappa shape index (κ2) is 7.54. The lowest BCUT2D eigenvalue weighted by molar-refractivity contribution is 0.313. The smallest absolute Gasteiger partial charge is 0.268 e.